The second-order valence-electron chi connectivity index (χ2n) is 5.12. The second kappa shape index (κ2) is 5.12. The molecule has 1 atom stereocenters. The molecular weight excluding hydrogens is 309 g/mol. The van der Waals surface area contributed by atoms with Crippen molar-refractivity contribution in [1.82, 2.24) is 5.43 Å². The fraction of sp³-hybridized carbons (Fsp3) is 0.125. The topological polar surface area (TPSA) is 61.7 Å². The van der Waals surface area contributed by atoms with Gasteiger partial charge in [-0.3, -0.25) is 5.43 Å². The molecule has 0 aliphatic carbocycles. The summed E-state index contributed by atoms with van der Waals surface area (Å²) in [6.07, 6.45) is -3.68. The van der Waals surface area contributed by atoms with Crippen molar-refractivity contribution in [1.29, 1.82) is 0 Å². The molecule has 2 aromatic carbocycles. The van der Waals surface area contributed by atoms with Gasteiger partial charge in [0.25, 0.3) is 0 Å². The molecule has 1 unspecified atom stereocenters. The predicted octanol–water partition coefficient (Wildman–Crippen LogP) is 1.76. The first-order chi connectivity index (χ1) is 10.8. The first-order valence-corrected chi connectivity index (χ1v) is 6.67. The minimum Gasteiger partial charge on any atom is -0.478 e. The van der Waals surface area contributed by atoms with Gasteiger partial charge in [0, 0.05) is 5.22 Å². The minimum atomic E-state index is -4.71. The van der Waals surface area contributed by atoms with Gasteiger partial charge in [-0.25, -0.2) is 4.79 Å². The molecule has 1 aliphatic heterocycles. The summed E-state index contributed by atoms with van der Waals surface area (Å²) < 4.78 is 41.4. The Bertz CT molecular complexity index is 893. The summed E-state index contributed by atoms with van der Waals surface area (Å²) in [5.41, 5.74) is -0.869. The maximum Gasteiger partial charge on any atom is 0.420 e. The van der Waals surface area contributed by atoms with Crippen LogP contribution in [-0.2, 0) is 5.54 Å². The van der Waals surface area contributed by atoms with Gasteiger partial charge in [0.1, 0.15) is 0 Å². The van der Waals surface area contributed by atoms with Crippen LogP contribution in [0.4, 0.5) is 13.2 Å². The normalized spacial score (nSPS) is 19.8. The Balaban J connectivity index is 2.27. The van der Waals surface area contributed by atoms with Crippen molar-refractivity contribution in [2.24, 2.45) is 5.10 Å². The highest BCUT2D eigenvalue weighted by Gasteiger charge is 2.55. The highest BCUT2D eigenvalue weighted by molar-refractivity contribution is 5.88. The quantitative estimate of drug-likeness (QED) is 0.886. The number of hydrogen-bond donors (Lipinski definition) is 2. The molecule has 0 radical (unpaired) electrons. The second-order valence-corrected chi connectivity index (χ2v) is 5.12. The molecule has 0 spiro atoms. The number of para-hydroxylation sites is 1. The van der Waals surface area contributed by atoms with Gasteiger partial charge in [-0.1, -0.05) is 30.3 Å². The lowest BCUT2D eigenvalue weighted by molar-refractivity contribution is -0.180. The zero-order valence-electron chi connectivity index (χ0n) is 11.6. The SMILES string of the molecule is O=C(O)c1cccc(C2(C(F)(F)F)C=c3ccccc3=NN2)c1. The molecule has 0 saturated heterocycles. The van der Waals surface area contributed by atoms with Gasteiger partial charge in [0.2, 0.25) is 0 Å². The molecule has 1 aliphatic rings. The maximum absolute atomic E-state index is 13.8. The van der Waals surface area contributed by atoms with Crippen molar-refractivity contribution < 1.29 is 23.1 Å². The summed E-state index contributed by atoms with van der Waals surface area (Å²) in [4.78, 5) is 11.1. The molecule has 0 aromatic heterocycles. The van der Waals surface area contributed by atoms with Crippen molar-refractivity contribution in [3.63, 3.8) is 0 Å². The van der Waals surface area contributed by atoms with E-state index in [4.69, 9.17) is 5.11 Å². The summed E-state index contributed by atoms with van der Waals surface area (Å²) >= 11 is 0. The van der Waals surface area contributed by atoms with E-state index in [9.17, 15) is 18.0 Å². The number of benzene rings is 2. The first-order valence-electron chi connectivity index (χ1n) is 6.67. The molecule has 0 bridgehead atoms. The van der Waals surface area contributed by atoms with Crippen molar-refractivity contribution in [2.75, 3.05) is 0 Å². The number of aromatic carboxylic acids is 1. The molecule has 3 rings (SSSR count). The van der Waals surface area contributed by atoms with Crippen LogP contribution in [0.2, 0.25) is 0 Å². The fourth-order valence-corrected chi connectivity index (χ4v) is 2.48. The summed E-state index contributed by atoms with van der Waals surface area (Å²) in [7, 11) is 0. The van der Waals surface area contributed by atoms with Gasteiger partial charge in [0.15, 0.2) is 5.54 Å². The smallest absolute Gasteiger partial charge is 0.420 e. The van der Waals surface area contributed by atoms with Gasteiger partial charge >= 0.3 is 12.1 Å². The lowest BCUT2D eigenvalue weighted by Gasteiger charge is -2.34. The molecule has 2 N–H and O–H groups in total. The van der Waals surface area contributed by atoms with E-state index in [1.54, 1.807) is 18.2 Å². The monoisotopic (exact) mass is 320 g/mol. The fourth-order valence-electron chi connectivity index (χ4n) is 2.48. The van der Waals surface area contributed by atoms with E-state index in [1.807, 2.05) is 0 Å². The number of nitrogens with one attached hydrogen (secondary N) is 1. The van der Waals surface area contributed by atoms with Gasteiger partial charge in [-0.15, -0.1) is 0 Å². The number of alkyl halides is 3. The Hall–Kier alpha value is -2.83. The van der Waals surface area contributed by atoms with Crippen molar-refractivity contribution >= 4 is 12.0 Å². The highest BCUT2D eigenvalue weighted by Crippen LogP contribution is 2.41. The van der Waals surface area contributed by atoms with Crippen molar-refractivity contribution in [3.8, 4) is 0 Å². The minimum absolute atomic E-state index is 0.222. The van der Waals surface area contributed by atoms with Crippen molar-refractivity contribution in [2.45, 2.75) is 11.7 Å². The Morgan fingerprint density at radius 1 is 1.13 bits per heavy atom. The number of fused-ring (bicyclic) bond motifs is 1. The zero-order chi connectivity index (χ0) is 16.7. The molecule has 0 saturated carbocycles. The van der Waals surface area contributed by atoms with E-state index < -0.39 is 17.7 Å². The Morgan fingerprint density at radius 3 is 2.57 bits per heavy atom. The number of nitrogens with zero attached hydrogens (tertiary/aromatic N) is 1. The molecular formula is C16H11F3N2O2. The van der Waals surface area contributed by atoms with Crippen LogP contribution in [0.5, 0.6) is 0 Å². The summed E-state index contributed by atoms with van der Waals surface area (Å²) in [5.74, 6) is -1.29. The summed E-state index contributed by atoms with van der Waals surface area (Å²) in [5, 5.41) is 13.5. The number of hydrogen-bond acceptors (Lipinski definition) is 3. The van der Waals surface area contributed by atoms with Crippen LogP contribution < -0.4 is 16.0 Å². The number of halogens is 3. The Morgan fingerprint density at radius 2 is 1.87 bits per heavy atom. The third-order valence-corrected chi connectivity index (χ3v) is 3.67. The third kappa shape index (κ3) is 2.44. The number of carboxylic acid groups (broad SMARTS) is 1. The van der Waals surface area contributed by atoms with E-state index in [0.29, 0.717) is 10.6 Å². The molecule has 118 valence electrons. The van der Waals surface area contributed by atoms with E-state index in [-0.39, 0.29) is 11.1 Å². The molecule has 1 heterocycles. The molecule has 2 aromatic rings. The van der Waals surface area contributed by atoms with Crippen LogP contribution in [0, 0.1) is 0 Å². The standard InChI is InChI=1S/C16H11F3N2O2/c17-16(18,19)15(12-6-3-5-10(8-12)14(22)23)9-11-4-1-2-7-13(11)20-21-15/h1-9,21H,(H,22,23). The number of carbonyl (C=O) groups is 1. The van der Waals surface area contributed by atoms with Crippen LogP contribution in [0.25, 0.3) is 6.08 Å². The predicted molar refractivity (Wildman–Crippen MR) is 76.0 cm³/mol. The van der Waals surface area contributed by atoms with Gasteiger partial charge < -0.3 is 5.11 Å². The van der Waals surface area contributed by atoms with E-state index in [0.717, 1.165) is 12.1 Å². The maximum atomic E-state index is 13.8. The lowest BCUT2D eigenvalue weighted by atomic mass is 9.87. The molecule has 4 nitrogen and oxygen atoms in total. The molecule has 0 amide bonds. The largest absolute Gasteiger partial charge is 0.478 e. The van der Waals surface area contributed by atoms with Crippen LogP contribution >= 0.6 is 0 Å². The molecule has 7 heteroatoms. The van der Waals surface area contributed by atoms with E-state index in [1.165, 1.54) is 24.3 Å². The third-order valence-electron chi connectivity index (χ3n) is 3.67. The zero-order valence-corrected chi connectivity index (χ0v) is 11.6. The average molecular weight is 320 g/mol. The lowest BCUT2D eigenvalue weighted by Crippen LogP contribution is -2.55. The Kier molecular flexibility index (Phi) is 3.35. The van der Waals surface area contributed by atoms with Crippen molar-refractivity contribution in [3.05, 3.63) is 70.2 Å². The van der Waals surface area contributed by atoms with Crippen LogP contribution in [-0.4, -0.2) is 17.3 Å². The first kappa shape index (κ1) is 15.1. The Labute approximate surface area is 128 Å². The molecule has 0 fully saturated rings. The number of rotatable bonds is 2. The average Bonchev–Trinajstić information content (AvgIpc) is 2.53. The molecule has 23 heavy (non-hydrogen) atoms. The summed E-state index contributed by atoms with van der Waals surface area (Å²) in [6, 6.07) is 11.2. The van der Waals surface area contributed by atoms with E-state index in [2.05, 4.69) is 10.5 Å². The van der Waals surface area contributed by atoms with Gasteiger partial charge in [0.05, 0.1) is 10.9 Å². The van der Waals surface area contributed by atoms with Gasteiger partial charge in [-0.05, 0) is 29.8 Å². The highest BCUT2D eigenvalue weighted by atomic mass is 19.4. The summed E-state index contributed by atoms with van der Waals surface area (Å²) in [6.45, 7) is 0. The van der Waals surface area contributed by atoms with E-state index >= 15 is 0 Å². The number of carboxylic acids is 1. The van der Waals surface area contributed by atoms with Crippen LogP contribution in [0.15, 0.2) is 53.6 Å². The van der Waals surface area contributed by atoms with Crippen LogP contribution in [0.3, 0.4) is 0 Å². The van der Waals surface area contributed by atoms with Gasteiger partial charge in [-0.2, -0.15) is 18.3 Å². The van der Waals surface area contributed by atoms with Crippen LogP contribution in [0.1, 0.15) is 15.9 Å².